The van der Waals surface area contributed by atoms with Crippen LogP contribution in [-0.2, 0) is 9.47 Å². The first kappa shape index (κ1) is 37.1. The second-order valence-electron chi connectivity index (χ2n) is 21.2. The maximum Gasteiger partial charge on any atom is 0.0666 e. The molecule has 0 bridgehead atoms. The van der Waals surface area contributed by atoms with Gasteiger partial charge in [-0.1, -0.05) is 88.6 Å². The Morgan fingerprint density at radius 3 is 0.790 bits per heavy atom. The van der Waals surface area contributed by atoms with E-state index in [9.17, 15) is 0 Å². The second-order valence-corrected chi connectivity index (χ2v) is 26.6. The van der Waals surface area contributed by atoms with Gasteiger partial charge in [-0.25, -0.2) is 0 Å². The summed E-state index contributed by atoms with van der Waals surface area (Å²) in [7, 11) is -0.733. The van der Waals surface area contributed by atoms with Gasteiger partial charge in [0.05, 0.1) is 48.6 Å². The predicted octanol–water partition coefficient (Wildman–Crippen LogP) is 10.5. The normalized spacial score (nSPS) is 46.3. The molecule has 6 saturated heterocycles. The molecular formula is C54H62N4O2P2. The molecule has 11 fully saturated rings. The monoisotopic (exact) mass is 860 g/mol. The molecule has 0 spiro atoms. The molecule has 8 heteroatoms. The van der Waals surface area contributed by atoms with Crippen LogP contribution in [0.25, 0.3) is 0 Å². The summed E-state index contributed by atoms with van der Waals surface area (Å²) in [6.07, 6.45) is 17.0. The number of anilines is 4. The van der Waals surface area contributed by atoms with Crippen LogP contribution in [0.1, 0.15) is 77.0 Å². The van der Waals surface area contributed by atoms with E-state index in [1.54, 1.807) is 0 Å². The van der Waals surface area contributed by atoms with Gasteiger partial charge in [0.2, 0.25) is 0 Å². The molecular weight excluding hydrogens is 799 g/mol. The summed E-state index contributed by atoms with van der Waals surface area (Å²) in [6.45, 7) is 0. The summed E-state index contributed by atoms with van der Waals surface area (Å²) in [4.78, 5) is 12.8. The Morgan fingerprint density at radius 1 is 0.306 bits per heavy atom. The third-order valence-corrected chi connectivity index (χ3v) is 26.9. The zero-order chi connectivity index (χ0) is 40.2. The highest BCUT2D eigenvalue weighted by Gasteiger charge is 2.77. The largest absolute Gasteiger partial charge is 0.374 e. The smallest absolute Gasteiger partial charge is 0.0666 e. The molecule has 6 nitrogen and oxygen atoms in total. The van der Waals surface area contributed by atoms with Crippen molar-refractivity contribution < 1.29 is 9.47 Å². The highest BCUT2D eigenvalue weighted by atomic mass is 31.1. The van der Waals surface area contributed by atoms with Gasteiger partial charge >= 0.3 is 0 Å². The van der Waals surface area contributed by atoms with Crippen LogP contribution in [0.3, 0.4) is 0 Å². The molecule has 16 unspecified atom stereocenters. The third-order valence-electron chi connectivity index (χ3n) is 18.9. The van der Waals surface area contributed by atoms with E-state index in [2.05, 4.69) is 141 Å². The van der Waals surface area contributed by atoms with Crippen molar-refractivity contribution in [1.82, 2.24) is 0 Å². The molecule has 0 aromatic heterocycles. The van der Waals surface area contributed by atoms with Gasteiger partial charge in [0.15, 0.2) is 0 Å². The molecule has 0 N–H and O–H groups in total. The van der Waals surface area contributed by atoms with E-state index in [4.69, 9.17) is 9.47 Å². The topological polar surface area (TPSA) is 31.4 Å². The molecule has 5 aliphatic carbocycles. The van der Waals surface area contributed by atoms with E-state index in [0.29, 0.717) is 107 Å². The molecule has 16 atom stereocenters. The lowest BCUT2D eigenvalue weighted by atomic mass is 9.71. The fraction of sp³-hybridized carbons (Fsp3) is 0.556. The van der Waals surface area contributed by atoms with Crippen molar-refractivity contribution >= 4 is 38.6 Å². The first-order chi connectivity index (χ1) is 30.8. The summed E-state index contributed by atoms with van der Waals surface area (Å²) in [6, 6.07) is 51.9. The SMILES string of the molecule is c1ccc(N2C3CCCC4OC5CCCC6C5P(C43)C3C2C2C4C(C3N6c3ccccc3)N(c3ccccc3)C3CCCC5OC6CCCC(C6P4C53)N2c2ccccc2)cc1. The van der Waals surface area contributed by atoms with Gasteiger partial charge in [-0.15, -0.1) is 0 Å². The number of para-hydroxylation sites is 4. The number of fused-ring (bicyclic) bond motifs is 2. The number of rotatable bonds is 4. The maximum absolute atomic E-state index is 7.63. The maximum atomic E-state index is 7.63. The summed E-state index contributed by atoms with van der Waals surface area (Å²) >= 11 is 0. The summed E-state index contributed by atoms with van der Waals surface area (Å²) < 4.78 is 15.3. The zero-order valence-corrected chi connectivity index (χ0v) is 37.7. The molecule has 0 radical (unpaired) electrons. The van der Waals surface area contributed by atoms with E-state index in [1.165, 1.54) is 99.8 Å². The Bertz CT molecular complexity index is 1980. The van der Waals surface area contributed by atoms with Crippen molar-refractivity contribution in [3.8, 4) is 0 Å². The zero-order valence-electron chi connectivity index (χ0n) is 35.9. The van der Waals surface area contributed by atoms with Crippen molar-refractivity contribution in [2.45, 2.75) is 184 Å². The first-order valence-corrected chi connectivity index (χ1v) is 28.1. The van der Waals surface area contributed by atoms with Crippen molar-refractivity contribution in [3.05, 3.63) is 121 Å². The lowest BCUT2D eigenvalue weighted by molar-refractivity contribution is -0.0721. The number of hydrogen-bond donors (Lipinski definition) is 0. The van der Waals surface area contributed by atoms with Crippen LogP contribution in [0.2, 0.25) is 0 Å². The highest BCUT2D eigenvalue weighted by molar-refractivity contribution is 7.61. The van der Waals surface area contributed by atoms with Crippen LogP contribution in [-0.4, -0.2) is 107 Å². The number of nitrogens with zero attached hydrogens (tertiary/aromatic N) is 4. The Labute approximate surface area is 371 Å². The Hall–Kier alpha value is -3.14. The van der Waals surface area contributed by atoms with Gasteiger partial charge in [-0.05, 0) is 126 Å². The predicted molar refractivity (Wildman–Crippen MR) is 255 cm³/mol. The standard InChI is InChI=1S/C54H62N4O2P2/c1-5-17-33(18-6-1)55-37-25-13-29-41-49(37)61-50-39(27-15-30-42(50)59-41)57(35-21-9-3-10-22-35)47-48-54-46(45(55)53(47)61)56(34-19-7-2-8-20-34)38-26-14-31-43-51(38)62(54)52-40(28-16-32-44(52)60-43)58(48)36-23-11-4-12-24-36/h1-12,17-24,37-54H,13-16,25-32H2. The van der Waals surface area contributed by atoms with Crippen LogP contribution in [0.15, 0.2) is 121 Å². The average Bonchev–Trinajstić information content (AvgIpc) is 3.33. The van der Waals surface area contributed by atoms with Crippen LogP contribution in [0.4, 0.5) is 22.7 Å². The van der Waals surface area contributed by atoms with Crippen LogP contribution in [0.5, 0.6) is 0 Å². The number of ether oxygens (including phenoxy) is 2. The quantitative estimate of drug-likeness (QED) is 0.190. The van der Waals surface area contributed by atoms with E-state index >= 15 is 0 Å². The molecule has 4 aromatic carbocycles. The number of benzene rings is 4. The van der Waals surface area contributed by atoms with Gasteiger partial charge < -0.3 is 29.1 Å². The van der Waals surface area contributed by atoms with E-state index < -0.39 is 0 Å². The van der Waals surface area contributed by atoms with Gasteiger partial charge in [-0.3, -0.25) is 0 Å². The fourth-order valence-corrected chi connectivity index (χ4v) is 27.7. The van der Waals surface area contributed by atoms with Crippen LogP contribution >= 0.6 is 15.8 Å². The van der Waals surface area contributed by atoms with Gasteiger partial charge in [0.25, 0.3) is 0 Å². The third kappa shape index (κ3) is 4.97. The van der Waals surface area contributed by atoms with Crippen molar-refractivity contribution in [1.29, 1.82) is 0 Å². The van der Waals surface area contributed by atoms with Crippen LogP contribution < -0.4 is 19.6 Å². The molecule has 15 rings (SSSR count). The Morgan fingerprint density at radius 2 is 0.548 bits per heavy atom. The van der Waals surface area contributed by atoms with Gasteiger partial charge in [-0.2, -0.15) is 0 Å². The Kier molecular flexibility index (Phi) is 8.49. The van der Waals surface area contributed by atoms with Crippen LogP contribution in [0, 0.1) is 0 Å². The Balaban J connectivity index is 1.06. The lowest BCUT2D eigenvalue weighted by Crippen LogP contribution is -2.89. The molecule has 11 aliphatic rings. The highest BCUT2D eigenvalue weighted by Crippen LogP contribution is 2.78. The molecule has 0 amide bonds. The van der Waals surface area contributed by atoms with Gasteiger partial charge in [0.1, 0.15) is 0 Å². The lowest BCUT2D eigenvalue weighted by Gasteiger charge is -2.80. The summed E-state index contributed by atoms with van der Waals surface area (Å²) in [5, 5.41) is 0. The molecule has 320 valence electrons. The average molecular weight is 861 g/mol. The minimum atomic E-state index is -0.366. The fourth-order valence-electron chi connectivity index (χ4n) is 17.5. The minimum absolute atomic E-state index is 0.366. The molecule has 6 heterocycles. The molecule has 5 saturated carbocycles. The molecule has 4 aromatic rings. The summed E-state index contributed by atoms with van der Waals surface area (Å²) in [5.74, 6) is 0. The first-order valence-electron chi connectivity index (χ1n) is 25.0. The van der Waals surface area contributed by atoms with E-state index in [-0.39, 0.29) is 15.8 Å². The van der Waals surface area contributed by atoms with Crippen molar-refractivity contribution in [3.63, 3.8) is 0 Å². The van der Waals surface area contributed by atoms with Crippen molar-refractivity contribution in [2.24, 2.45) is 0 Å². The summed E-state index contributed by atoms with van der Waals surface area (Å²) in [5.41, 5.74) is 9.61. The molecule has 6 aliphatic heterocycles. The van der Waals surface area contributed by atoms with E-state index in [1.807, 2.05) is 0 Å². The van der Waals surface area contributed by atoms with E-state index in [0.717, 1.165) is 0 Å². The number of hydrogen-bond acceptors (Lipinski definition) is 6. The molecule has 62 heavy (non-hydrogen) atoms. The van der Waals surface area contributed by atoms with Crippen molar-refractivity contribution in [2.75, 3.05) is 19.6 Å². The second kappa shape index (κ2) is 14.2. The van der Waals surface area contributed by atoms with Gasteiger partial charge in [0, 0.05) is 80.9 Å². The minimum Gasteiger partial charge on any atom is -0.374 e.